The molecule has 272 valence electrons. The topological polar surface area (TPSA) is 92.5 Å². The van der Waals surface area contributed by atoms with Crippen LogP contribution in [0.5, 0.6) is 0 Å². The second kappa shape index (κ2) is 18.3. The molecule has 0 aliphatic carbocycles. The van der Waals surface area contributed by atoms with Crippen LogP contribution in [-0.4, -0.2) is 23.8 Å². The highest BCUT2D eigenvalue weighted by Crippen LogP contribution is 2.40. The Bertz CT molecular complexity index is 1590. The number of aryl methyl sites for hydroxylation is 1. The standard InChI is InChI=1S/C44H63N3O3/c1-10-14-16-21-26-33(25-18-15-11-2)47(42(50)32-23-19-17-20-24-32)38-29-31(5)37(30-35(38)40(45)48)46-41(49)34-27-22-28-36(43(6,7)12-3)39(34)44(8,9)13-4/h17,19-20,22-24,27-30,33H,10-16,18,21,25-26H2,1-9H3,(H2,45,48)(H,46,49). The summed E-state index contributed by atoms with van der Waals surface area (Å²) in [6.07, 6.45) is 10.9. The first-order valence-electron chi connectivity index (χ1n) is 19.0. The minimum absolute atomic E-state index is 0.104. The normalized spacial score (nSPS) is 12.4. The van der Waals surface area contributed by atoms with Gasteiger partial charge in [-0.25, -0.2) is 0 Å². The lowest BCUT2D eigenvalue weighted by atomic mass is 9.69. The van der Waals surface area contributed by atoms with E-state index in [4.69, 9.17) is 5.73 Å². The van der Waals surface area contributed by atoms with Crippen LogP contribution in [0, 0.1) is 6.92 Å². The average molecular weight is 682 g/mol. The lowest BCUT2D eigenvalue weighted by Crippen LogP contribution is -2.42. The van der Waals surface area contributed by atoms with E-state index in [9.17, 15) is 14.4 Å². The molecule has 1 unspecified atom stereocenters. The van der Waals surface area contributed by atoms with Crippen LogP contribution in [0.25, 0.3) is 0 Å². The highest BCUT2D eigenvalue weighted by molar-refractivity contribution is 6.12. The molecule has 0 saturated heterocycles. The van der Waals surface area contributed by atoms with E-state index in [1.54, 1.807) is 6.07 Å². The van der Waals surface area contributed by atoms with Gasteiger partial charge in [0.15, 0.2) is 0 Å². The molecule has 50 heavy (non-hydrogen) atoms. The third-order valence-electron chi connectivity index (χ3n) is 10.7. The Balaban J connectivity index is 2.18. The van der Waals surface area contributed by atoms with Crippen molar-refractivity contribution in [1.82, 2.24) is 0 Å². The molecule has 6 nitrogen and oxygen atoms in total. The molecule has 3 aromatic carbocycles. The van der Waals surface area contributed by atoms with Gasteiger partial charge in [0, 0.05) is 22.9 Å². The van der Waals surface area contributed by atoms with Crippen LogP contribution < -0.4 is 16.0 Å². The molecule has 0 aromatic heterocycles. The van der Waals surface area contributed by atoms with Gasteiger partial charge < -0.3 is 16.0 Å². The van der Waals surface area contributed by atoms with Crippen LogP contribution in [-0.2, 0) is 10.8 Å². The van der Waals surface area contributed by atoms with Crippen molar-refractivity contribution in [3.8, 4) is 0 Å². The molecule has 0 aliphatic heterocycles. The molecular weight excluding hydrogens is 619 g/mol. The fraction of sp³-hybridized carbons (Fsp3) is 0.523. The number of primary amides is 1. The number of benzene rings is 3. The molecule has 0 radical (unpaired) electrons. The fourth-order valence-corrected chi connectivity index (χ4v) is 6.85. The van der Waals surface area contributed by atoms with Gasteiger partial charge in [0.05, 0.1) is 11.3 Å². The molecule has 0 fully saturated rings. The van der Waals surface area contributed by atoms with Gasteiger partial charge in [0.1, 0.15) is 0 Å². The van der Waals surface area contributed by atoms with Crippen LogP contribution in [0.15, 0.2) is 60.7 Å². The van der Waals surface area contributed by atoms with Crippen molar-refractivity contribution in [3.05, 3.63) is 94.0 Å². The third-order valence-corrected chi connectivity index (χ3v) is 10.7. The summed E-state index contributed by atoms with van der Waals surface area (Å²) < 4.78 is 0. The zero-order chi connectivity index (χ0) is 37.1. The Morgan fingerprint density at radius 2 is 1.34 bits per heavy atom. The maximum atomic E-state index is 14.4. The quantitative estimate of drug-likeness (QED) is 0.123. The highest BCUT2D eigenvalue weighted by Gasteiger charge is 2.34. The minimum Gasteiger partial charge on any atom is -0.366 e. The highest BCUT2D eigenvalue weighted by atomic mass is 16.2. The van der Waals surface area contributed by atoms with Gasteiger partial charge in [-0.3, -0.25) is 14.4 Å². The predicted molar refractivity (Wildman–Crippen MR) is 211 cm³/mol. The zero-order valence-corrected chi connectivity index (χ0v) is 32.4. The Labute approximate surface area is 302 Å². The SMILES string of the molecule is CCCCCCC(CCCCC)N(C(=O)c1ccccc1)c1cc(C)c(NC(=O)c2cccc(C(C)(C)CC)c2C(C)(C)CC)cc1C(N)=O. The molecule has 0 spiro atoms. The number of carbonyl (C=O) groups is 3. The second-order valence-corrected chi connectivity index (χ2v) is 15.2. The van der Waals surface area contributed by atoms with Crippen LogP contribution in [0.1, 0.15) is 174 Å². The van der Waals surface area contributed by atoms with Crippen LogP contribution >= 0.6 is 0 Å². The molecule has 1 atom stereocenters. The lowest BCUT2D eigenvalue weighted by molar-refractivity contribution is 0.0970. The molecule has 6 heteroatoms. The Kier molecular flexibility index (Phi) is 14.9. The molecule has 3 rings (SSSR count). The largest absolute Gasteiger partial charge is 0.366 e. The molecular formula is C44H63N3O3. The summed E-state index contributed by atoms with van der Waals surface area (Å²) in [4.78, 5) is 43.8. The van der Waals surface area contributed by atoms with Crippen LogP contribution in [0.2, 0.25) is 0 Å². The summed E-state index contributed by atoms with van der Waals surface area (Å²) in [6.45, 7) is 19.5. The summed E-state index contributed by atoms with van der Waals surface area (Å²) in [5.74, 6) is -1.02. The molecule has 0 saturated carbocycles. The number of hydrogen-bond acceptors (Lipinski definition) is 3. The predicted octanol–water partition coefficient (Wildman–Crippen LogP) is 11.3. The zero-order valence-electron chi connectivity index (χ0n) is 32.4. The van der Waals surface area contributed by atoms with Crippen molar-refractivity contribution >= 4 is 29.1 Å². The lowest BCUT2D eigenvalue weighted by Gasteiger charge is -2.35. The Hall–Kier alpha value is -3.93. The monoisotopic (exact) mass is 681 g/mol. The first-order chi connectivity index (χ1) is 23.7. The Morgan fingerprint density at radius 1 is 0.740 bits per heavy atom. The van der Waals surface area contributed by atoms with Gasteiger partial charge in [-0.15, -0.1) is 0 Å². The van der Waals surface area contributed by atoms with Gasteiger partial charge >= 0.3 is 0 Å². The van der Waals surface area contributed by atoms with E-state index in [-0.39, 0.29) is 34.2 Å². The molecule has 3 N–H and O–H groups in total. The maximum absolute atomic E-state index is 14.4. The number of nitrogens with zero attached hydrogens (tertiary/aromatic N) is 1. The maximum Gasteiger partial charge on any atom is 0.258 e. The second-order valence-electron chi connectivity index (χ2n) is 15.2. The van der Waals surface area contributed by atoms with E-state index in [2.05, 4.69) is 66.8 Å². The number of rotatable bonds is 19. The number of nitrogens with two attached hydrogens (primary N) is 1. The number of anilines is 2. The summed E-state index contributed by atoms with van der Waals surface area (Å²) in [6, 6.07) is 18.7. The number of unbranched alkanes of at least 4 members (excludes halogenated alkanes) is 5. The first kappa shape index (κ1) is 40.5. The van der Waals surface area contributed by atoms with Gasteiger partial charge in [0.25, 0.3) is 17.7 Å². The van der Waals surface area contributed by atoms with Crippen molar-refractivity contribution in [2.24, 2.45) is 5.73 Å². The van der Waals surface area contributed by atoms with Crippen LogP contribution in [0.4, 0.5) is 11.4 Å². The van der Waals surface area contributed by atoms with Gasteiger partial charge in [0.2, 0.25) is 0 Å². The molecule has 0 aliphatic rings. The minimum atomic E-state index is -0.640. The van der Waals surface area contributed by atoms with Crippen molar-refractivity contribution in [2.75, 3.05) is 10.2 Å². The molecule has 3 amide bonds. The van der Waals surface area contributed by atoms with Crippen molar-refractivity contribution in [2.45, 2.75) is 150 Å². The number of nitrogens with one attached hydrogen (secondary N) is 1. The van der Waals surface area contributed by atoms with Gasteiger partial charge in [-0.1, -0.05) is 131 Å². The number of carbonyl (C=O) groups excluding carboxylic acids is 3. The average Bonchev–Trinajstić information content (AvgIpc) is 3.10. The third kappa shape index (κ3) is 9.86. The summed E-state index contributed by atoms with van der Waals surface area (Å²) in [5.41, 5.74) is 11.1. The van der Waals surface area contributed by atoms with E-state index in [1.807, 2.05) is 60.4 Å². The smallest absolute Gasteiger partial charge is 0.258 e. The van der Waals surface area contributed by atoms with Crippen molar-refractivity contribution in [1.29, 1.82) is 0 Å². The van der Waals surface area contributed by atoms with E-state index >= 15 is 0 Å². The van der Waals surface area contributed by atoms with E-state index in [1.165, 1.54) is 5.56 Å². The molecule has 0 heterocycles. The van der Waals surface area contributed by atoms with E-state index in [0.717, 1.165) is 81.8 Å². The van der Waals surface area contributed by atoms with Crippen LogP contribution in [0.3, 0.4) is 0 Å². The van der Waals surface area contributed by atoms with Gasteiger partial charge in [-0.2, -0.15) is 0 Å². The van der Waals surface area contributed by atoms with Gasteiger partial charge in [-0.05, 0) is 90.5 Å². The summed E-state index contributed by atoms with van der Waals surface area (Å²) in [7, 11) is 0. The number of amides is 3. The molecule has 3 aromatic rings. The first-order valence-corrected chi connectivity index (χ1v) is 19.0. The summed E-state index contributed by atoms with van der Waals surface area (Å²) >= 11 is 0. The van der Waals surface area contributed by atoms with E-state index in [0.29, 0.717) is 22.5 Å². The van der Waals surface area contributed by atoms with Crippen molar-refractivity contribution in [3.63, 3.8) is 0 Å². The number of hydrogen-bond donors (Lipinski definition) is 2. The summed E-state index contributed by atoms with van der Waals surface area (Å²) in [5, 5.41) is 3.15. The van der Waals surface area contributed by atoms with E-state index < -0.39 is 5.91 Å². The molecule has 0 bridgehead atoms. The Morgan fingerprint density at radius 3 is 1.92 bits per heavy atom. The van der Waals surface area contributed by atoms with Crippen molar-refractivity contribution < 1.29 is 14.4 Å². The fourth-order valence-electron chi connectivity index (χ4n) is 6.85.